The first kappa shape index (κ1) is 15.9. The summed E-state index contributed by atoms with van der Waals surface area (Å²) in [6, 6.07) is 1.74. The minimum Gasteiger partial charge on any atom is -0.465 e. The number of esters is 1. The number of hydrogen-bond acceptors (Lipinski definition) is 5. The summed E-state index contributed by atoms with van der Waals surface area (Å²) in [4.78, 5) is 29.8. The molecule has 0 saturated carbocycles. The highest BCUT2D eigenvalue weighted by Crippen LogP contribution is 2.23. The summed E-state index contributed by atoms with van der Waals surface area (Å²) in [6.45, 7) is 3.85. The summed E-state index contributed by atoms with van der Waals surface area (Å²) in [6.07, 6.45) is 5.79. The third-order valence-corrected chi connectivity index (χ3v) is 3.94. The molecule has 0 aliphatic heterocycles. The fourth-order valence-corrected chi connectivity index (χ4v) is 2.80. The minimum atomic E-state index is -0.486. The van der Waals surface area contributed by atoms with Crippen LogP contribution in [0.4, 0.5) is 0 Å². The molecule has 8 heteroatoms. The number of H-pyrrole nitrogens is 1. The van der Waals surface area contributed by atoms with Gasteiger partial charge in [-0.2, -0.15) is 4.68 Å². The van der Waals surface area contributed by atoms with Crippen molar-refractivity contribution in [3.8, 4) is 0 Å². The number of hydrogen-bond donors (Lipinski definition) is 1. The van der Waals surface area contributed by atoms with Crippen LogP contribution in [-0.4, -0.2) is 32.9 Å². The lowest BCUT2D eigenvalue weighted by Gasteiger charge is -2.13. The second-order valence-electron chi connectivity index (χ2n) is 5.22. The van der Waals surface area contributed by atoms with Gasteiger partial charge in [-0.15, -0.1) is 9.77 Å². The van der Waals surface area contributed by atoms with E-state index in [0.29, 0.717) is 40.6 Å². The molecule has 0 unspecified atom stereocenters. The fraction of sp³-hybridized carbons (Fsp3) is 0.312. The van der Waals surface area contributed by atoms with Crippen molar-refractivity contribution in [1.29, 1.82) is 0 Å². The van der Waals surface area contributed by atoms with E-state index in [1.165, 1.54) is 22.8 Å². The predicted molar refractivity (Wildman–Crippen MR) is 85.7 cm³/mol. The molecule has 0 bridgehead atoms. The van der Waals surface area contributed by atoms with Crippen molar-refractivity contribution >= 4 is 16.7 Å². The topological polar surface area (TPSA) is 93.8 Å². The van der Waals surface area contributed by atoms with Gasteiger partial charge in [0.25, 0.3) is 11.9 Å². The van der Waals surface area contributed by atoms with E-state index >= 15 is 0 Å². The van der Waals surface area contributed by atoms with E-state index in [1.54, 1.807) is 18.6 Å². The van der Waals surface area contributed by atoms with Gasteiger partial charge in [0.1, 0.15) is 0 Å². The van der Waals surface area contributed by atoms with E-state index < -0.39 is 5.97 Å². The number of methoxy groups -OCH3 is 1. The Hall–Kier alpha value is -3.03. The molecule has 0 fully saturated rings. The lowest BCUT2D eigenvalue weighted by Crippen LogP contribution is -2.47. The molecule has 0 atom stereocenters. The second-order valence-corrected chi connectivity index (χ2v) is 5.22. The molecule has 0 saturated heterocycles. The Labute approximate surface area is 137 Å². The van der Waals surface area contributed by atoms with Crippen molar-refractivity contribution < 1.29 is 14.2 Å². The highest BCUT2D eigenvalue weighted by atomic mass is 16.5. The molecule has 8 nitrogen and oxygen atoms in total. The molecule has 24 heavy (non-hydrogen) atoms. The summed E-state index contributed by atoms with van der Waals surface area (Å²) in [5, 5.41) is 7.48. The van der Waals surface area contributed by atoms with Crippen molar-refractivity contribution in [3.63, 3.8) is 0 Å². The zero-order valence-corrected chi connectivity index (χ0v) is 13.7. The van der Waals surface area contributed by atoms with Gasteiger partial charge >= 0.3 is 5.97 Å². The molecular weight excluding hydrogens is 310 g/mol. The molecule has 124 valence electrons. The molecule has 3 rings (SSSR count). The number of fused-ring (bicyclic) bond motifs is 1. The van der Waals surface area contributed by atoms with Crippen molar-refractivity contribution in [2.24, 2.45) is 0 Å². The lowest BCUT2D eigenvalue weighted by atomic mass is 10.0. The molecule has 0 aliphatic rings. The van der Waals surface area contributed by atoms with Crippen molar-refractivity contribution in [3.05, 3.63) is 52.2 Å². The number of pyridine rings is 2. The molecule has 0 spiro atoms. The fourth-order valence-electron chi connectivity index (χ4n) is 2.80. The van der Waals surface area contributed by atoms with Crippen LogP contribution in [0, 0.1) is 0 Å². The van der Waals surface area contributed by atoms with Gasteiger partial charge < -0.3 is 4.74 Å². The van der Waals surface area contributed by atoms with E-state index in [-0.39, 0.29) is 5.56 Å². The normalized spacial score (nSPS) is 11.0. The number of aryl methyl sites for hydroxylation is 2. The number of aromatic amines is 1. The number of rotatable bonds is 4. The number of carbonyl (C=O) groups is 1. The number of ether oxygens (including phenoxy) is 1. The predicted octanol–water partition coefficient (Wildman–Crippen LogP) is 0.630. The molecular formula is C16H18N5O3+. The molecule has 0 aromatic carbocycles. The molecule has 3 aromatic rings. The standard InChI is InChI=1S/C16H17N5O3/c1-4-11-13-10(14(16(23)24-3)12(5-2)19-11)6-7-21(15(13)22)20-8-17-18-9-20/h6-9H,4-5H2,1-3H3/p+1. The summed E-state index contributed by atoms with van der Waals surface area (Å²) >= 11 is 0. The van der Waals surface area contributed by atoms with Crippen LogP contribution in [0.1, 0.15) is 35.6 Å². The van der Waals surface area contributed by atoms with E-state index in [1.807, 2.05) is 13.8 Å². The van der Waals surface area contributed by atoms with Gasteiger partial charge in [-0.05, 0) is 18.9 Å². The maximum absolute atomic E-state index is 13.0. The maximum atomic E-state index is 13.0. The first-order valence-corrected chi connectivity index (χ1v) is 7.68. The van der Waals surface area contributed by atoms with Gasteiger partial charge in [-0.3, -0.25) is 9.78 Å². The Bertz CT molecular complexity index is 960. The molecule has 0 aliphatic carbocycles. The second kappa shape index (κ2) is 6.23. The first-order valence-electron chi connectivity index (χ1n) is 7.68. The van der Waals surface area contributed by atoms with Gasteiger partial charge in [0.2, 0.25) is 6.33 Å². The van der Waals surface area contributed by atoms with Gasteiger partial charge in [-0.1, -0.05) is 13.8 Å². The summed E-state index contributed by atoms with van der Waals surface area (Å²) in [5.41, 5.74) is 1.39. The van der Waals surface area contributed by atoms with Crippen LogP contribution in [0.3, 0.4) is 0 Å². The Morgan fingerprint density at radius 2 is 2.08 bits per heavy atom. The summed E-state index contributed by atoms with van der Waals surface area (Å²) in [5.74, 6) is -0.486. The van der Waals surface area contributed by atoms with Crippen LogP contribution in [-0.2, 0) is 17.6 Å². The monoisotopic (exact) mass is 328 g/mol. The van der Waals surface area contributed by atoms with E-state index in [4.69, 9.17) is 4.74 Å². The largest absolute Gasteiger partial charge is 0.465 e. The van der Waals surface area contributed by atoms with Crippen LogP contribution in [0.5, 0.6) is 0 Å². The summed E-state index contributed by atoms with van der Waals surface area (Å²) in [7, 11) is 1.32. The number of carbonyl (C=O) groups excluding carboxylic acids is 1. The van der Waals surface area contributed by atoms with Gasteiger partial charge in [0.05, 0.1) is 29.4 Å². The van der Waals surface area contributed by atoms with Crippen LogP contribution in [0.25, 0.3) is 10.8 Å². The van der Waals surface area contributed by atoms with Crippen molar-refractivity contribution in [2.45, 2.75) is 26.7 Å². The Morgan fingerprint density at radius 1 is 1.33 bits per heavy atom. The number of aromatic nitrogens is 5. The van der Waals surface area contributed by atoms with Crippen LogP contribution < -0.4 is 10.2 Å². The molecule has 3 aromatic heterocycles. The maximum Gasteiger partial charge on any atom is 0.340 e. The summed E-state index contributed by atoms with van der Waals surface area (Å²) < 4.78 is 7.82. The zero-order chi connectivity index (χ0) is 17.3. The average Bonchev–Trinajstić information content (AvgIpc) is 3.14. The Morgan fingerprint density at radius 3 is 2.67 bits per heavy atom. The lowest BCUT2D eigenvalue weighted by molar-refractivity contribution is -0.729. The third kappa shape index (κ3) is 2.36. The number of nitrogens with one attached hydrogen (secondary N) is 1. The minimum absolute atomic E-state index is 0.268. The molecule has 3 heterocycles. The quantitative estimate of drug-likeness (QED) is 0.560. The van der Waals surface area contributed by atoms with Crippen molar-refractivity contribution in [1.82, 2.24) is 19.9 Å². The third-order valence-electron chi connectivity index (χ3n) is 3.94. The smallest absolute Gasteiger partial charge is 0.340 e. The van der Waals surface area contributed by atoms with E-state index in [9.17, 15) is 9.59 Å². The number of nitrogens with zero attached hydrogens (tertiary/aromatic N) is 4. The van der Waals surface area contributed by atoms with Crippen LogP contribution in [0.2, 0.25) is 0 Å². The van der Waals surface area contributed by atoms with Gasteiger partial charge in [0.15, 0.2) is 0 Å². The molecule has 0 radical (unpaired) electrons. The molecule has 1 N–H and O–H groups in total. The van der Waals surface area contributed by atoms with Crippen LogP contribution >= 0.6 is 0 Å². The SMILES string of the molecule is CCc1nc(CC)c2c(=O)n(-[n+]3cn[nH]c3)ccc2c1C(=O)OC. The first-order chi connectivity index (χ1) is 11.6. The average molecular weight is 328 g/mol. The highest BCUT2D eigenvalue weighted by molar-refractivity contribution is 6.05. The Kier molecular flexibility index (Phi) is 4.11. The highest BCUT2D eigenvalue weighted by Gasteiger charge is 2.22. The van der Waals surface area contributed by atoms with Crippen molar-refractivity contribution in [2.75, 3.05) is 7.11 Å². The molecule has 0 amide bonds. The van der Waals surface area contributed by atoms with Crippen LogP contribution in [0.15, 0.2) is 29.7 Å². The van der Waals surface area contributed by atoms with E-state index in [2.05, 4.69) is 15.2 Å². The van der Waals surface area contributed by atoms with E-state index in [0.717, 1.165) is 0 Å². The van der Waals surface area contributed by atoms with Gasteiger partial charge in [-0.25, -0.2) is 4.79 Å². The van der Waals surface area contributed by atoms with Gasteiger partial charge in [0, 0.05) is 16.7 Å². The zero-order valence-electron chi connectivity index (χ0n) is 13.7. The Balaban J connectivity index is 2.44.